The van der Waals surface area contributed by atoms with E-state index in [0.717, 1.165) is 5.56 Å². The van der Waals surface area contributed by atoms with Crippen molar-refractivity contribution in [2.24, 2.45) is 5.73 Å². The van der Waals surface area contributed by atoms with E-state index in [1.165, 1.54) is 28.8 Å². The lowest BCUT2D eigenvalue weighted by Gasteiger charge is -2.32. The number of carbonyl (C=O) groups excluding carboxylic acids is 1. The molecule has 1 amide bonds. The largest absolute Gasteiger partial charge is 0.446 e. The molecule has 1 aliphatic rings. The summed E-state index contributed by atoms with van der Waals surface area (Å²) in [5, 5.41) is 0.291. The molecule has 3 aromatic heterocycles. The maximum Gasteiger partial charge on any atom is 0.404 e. The van der Waals surface area contributed by atoms with Crippen LogP contribution in [0.15, 0.2) is 47.4 Å². The second-order valence-corrected chi connectivity index (χ2v) is 9.86. The van der Waals surface area contributed by atoms with E-state index in [2.05, 4.69) is 15.0 Å². The first-order valence-corrected chi connectivity index (χ1v) is 12.7. The molecule has 2 N–H and O–H groups in total. The minimum absolute atomic E-state index is 0.0225. The molecule has 0 saturated carbocycles. The normalized spacial score (nSPS) is 14.3. The van der Waals surface area contributed by atoms with E-state index in [0.29, 0.717) is 42.7 Å². The maximum atomic E-state index is 15.6. The lowest BCUT2D eigenvalue weighted by molar-refractivity contribution is 0.0912. The molecule has 0 unspecified atom stereocenters. The molecule has 0 spiro atoms. The Labute approximate surface area is 223 Å². The average Bonchev–Trinajstić information content (AvgIpc) is 2.89. The third kappa shape index (κ3) is 4.91. The Morgan fingerprint density at radius 1 is 1.10 bits per heavy atom. The molecule has 11 heteroatoms. The number of primary amides is 1. The predicted molar refractivity (Wildman–Crippen MR) is 143 cm³/mol. The number of anilines is 1. The van der Waals surface area contributed by atoms with Gasteiger partial charge in [0.2, 0.25) is 0 Å². The Morgan fingerprint density at radius 2 is 1.82 bits per heavy atom. The monoisotopic (exact) mass is 534 g/mol. The predicted octanol–water partition coefficient (Wildman–Crippen LogP) is 4.62. The van der Waals surface area contributed by atoms with Crippen LogP contribution in [-0.2, 0) is 4.74 Å². The first-order valence-electron chi connectivity index (χ1n) is 12.7. The number of halogens is 2. The number of aryl methyl sites for hydroxylation is 1. The molecule has 1 saturated heterocycles. The summed E-state index contributed by atoms with van der Waals surface area (Å²) in [5.41, 5.74) is 6.35. The number of nitrogens with zero attached hydrogens (tertiary/aromatic N) is 5. The van der Waals surface area contributed by atoms with Crippen LogP contribution in [0.5, 0.6) is 0 Å². The summed E-state index contributed by atoms with van der Waals surface area (Å²) in [4.78, 5) is 40.2. The SMILES string of the molecule is Cc1ccnc(C(C)C)c1-n1c(=O)nc(N2CCC(OC(N)=O)CC2)c2cc(F)c(-c3ccccc3F)nc21. The van der Waals surface area contributed by atoms with Crippen molar-refractivity contribution < 1.29 is 18.3 Å². The van der Waals surface area contributed by atoms with Gasteiger partial charge < -0.3 is 15.4 Å². The fourth-order valence-corrected chi connectivity index (χ4v) is 5.02. The zero-order valence-corrected chi connectivity index (χ0v) is 21.8. The summed E-state index contributed by atoms with van der Waals surface area (Å²) >= 11 is 0. The summed E-state index contributed by atoms with van der Waals surface area (Å²) in [5.74, 6) is -1.18. The Morgan fingerprint density at radius 3 is 2.49 bits per heavy atom. The van der Waals surface area contributed by atoms with E-state index in [1.807, 2.05) is 25.7 Å². The van der Waals surface area contributed by atoms with Crippen LogP contribution in [-0.4, -0.2) is 44.8 Å². The third-order valence-electron chi connectivity index (χ3n) is 6.88. The van der Waals surface area contributed by atoms with Gasteiger partial charge in [-0.1, -0.05) is 26.0 Å². The van der Waals surface area contributed by atoms with Crippen LogP contribution in [0.4, 0.5) is 19.4 Å². The number of piperidine rings is 1. The number of nitrogens with two attached hydrogens (primary N) is 1. The van der Waals surface area contributed by atoms with E-state index in [1.54, 1.807) is 18.3 Å². The van der Waals surface area contributed by atoms with E-state index < -0.39 is 23.4 Å². The van der Waals surface area contributed by atoms with Gasteiger partial charge in [-0.25, -0.2) is 27.9 Å². The van der Waals surface area contributed by atoms with Crippen LogP contribution < -0.4 is 16.3 Å². The van der Waals surface area contributed by atoms with Gasteiger partial charge in [0.25, 0.3) is 0 Å². The van der Waals surface area contributed by atoms with E-state index in [-0.39, 0.29) is 34.7 Å². The van der Waals surface area contributed by atoms with Crippen molar-refractivity contribution in [3.63, 3.8) is 0 Å². The van der Waals surface area contributed by atoms with E-state index in [9.17, 15) is 14.0 Å². The van der Waals surface area contributed by atoms with E-state index >= 15 is 4.39 Å². The molecule has 9 nitrogen and oxygen atoms in total. The number of fused-ring (bicyclic) bond motifs is 1. The van der Waals surface area contributed by atoms with Gasteiger partial charge in [0, 0.05) is 37.7 Å². The lowest BCUT2D eigenvalue weighted by Crippen LogP contribution is -2.40. The van der Waals surface area contributed by atoms with Gasteiger partial charge >= 0.3 is 11.8 Å². The van der Waals surface area contributed by atoms with Crippen LogP contribution in [0.1, 0.15) is 43.9 Å². The first kappa shape index (κ1) is 26.2. The van der Waals surface area contributed by atoms with Crippen LogP contribution in [0, 0.1) is 18.6 Å². The molecular formula is C28H28F2N6O3. The Bertz CT molecular complexity index is 1630. The van der Waals surface area contributed by atoms with Crippen LogP contribution in [0.25, 0.3) is 28.0 Å². The highest BCUT2D eigenvalue weighted by atomic mass is 19.1. The molecule has 5 rings (SSSR count). The number of hydrogen-bond donors (Lipinski definition) is 1. The van der Waals surface area contributed by atoms with Crippen molar-refractivity contribution in [2.75, 3.05) is 18.0 Å². The number of aromatic nitrogens is 4. The standard InChI is InChI=1S/C28H28F2N6O3/c1-15(2)22-24(16(3)8-11-32-22)36-26-19(14-21(30)23(33-26)18-6-4-5-7-20(18)29)25(34-28(36)38)35-12-9-17(10-13-35)39-27(31)37/h4-8,11,14-15,17H,9-10,12-13H2,1-3H3,(H2,31,37). The summed E-state index contributed by atoms with van der Waals surface area (Å²) < 4.78 is 36.8. The second kappa shape index (κ2) is 10.4. The molecule has 0 aliphatic carbocycles. The minimum Gasteiger partial charge on any atom is -0.446 e. The van der Waals surface area contributed by atoms with Crippen LogP contribution >= 0.6 is 0 Å². The highest BCUT2D eigenvalue weighted by Gasteiger charge is 2.28. The molecule has 39 heavy (non-hydrogen) atoms. The number of rotatable bonds is 5. The lowest BCUT2D eigenvalue weighted by atomic mass is 10.0. The van der Waals surface area contributed by atoms with Crippen molar-refractivity contribution in [3.05, 3.63) is 76.0 Å². The smallest absolute Gasteiger partial charge is 0.404 e. The Hall–Kier alpha value is -4.41. The fourth-order valence-electron chi connectivity index (χ4n) is 5.02. The number of ether oxygens (including phenoxy) is 1. The molecule has 1 aliphatic heterocycles. The summed E-state index contributed by atoms with van der Waals surface area (Å²) in [7, 11) is 0. The average molecular weight is 535 g/mol. The number of pyridine rings is 2. The Kier molecular flexibility index (Phi) is 6.98. The van der Waals surface area contributed by atoms with Gasteiger partial charge in [0.1, 0.15) is 29.3 Å². The zero-order valence-electron chi connectivity index (χ0n) is 21.8. The zero-order chi connectivity index (χ0) is 27.8. The van der Waals surface area contributed by atoms with Crippen molar-refractivity contribution >= 4 is 22.9 Å². The molecular weight excluding hydrogens is 506 g/mol. The first-order chi connectivity index (χ1) is 18.7. The number of benzene rings is 1. The molecule has 4 heterocycles. The van der Waals surface area contributed by atoms with Crippen LogP contribution in [0.2, 0.25) is 0 Å². The van der Waals surface area contributed by atoms with Crippen molar-refractivity contribution in [2.45, 2.75) is 45.6 Å². The number of hydrogen-bond acceptors (Lipinski definition) is 7. The molecule has 0 atom stereocenters. The summed E-state index contributed by atoms with van der Waals surface area (Å²) in [6.45, 7) is 6.54. The van der Waals surface area contributed by atoms with E-state index in [4.69, 9.17) is 10.5 Å². The van der Waals surface area contributed by atoms with Gasteiger partial charge in [0.15, 0.2) is 5.65 Å². The van der Waals surface area contributed by atoms with Gasteiger partial charge in [-0.3, -0.25) is 4.98 Å². The molecule has 4 aromatic rings. The van der Waals surface area contributed by atoms with Gasteiger partial charge in [0.05, 0.1) is 16.8 Å². The molecule has 0 radical (unpaired) electrons. The highest BCUT2D eigenvalue weighted by Crippen LogP contribution is 2.33. The van der Waals surface area contributed by atoms with Crippen molar-refractivity contribution in [1.82, 2.24) is 19.5 Å². The van der Waals surface area contributed by atoms with Gasteiger partial charge in [-0.05, 0) is 42.7 Å². The van der Waals surface area contributed by atoms with Crippen molar-refractivity contribution in [3.8, 4) is 16.9 Å². The molecule has 0 bridgehead atoms. The topological polar surface area (TPSA) is 116 Å². The summed E-state index contributed by atoms with van der Waals surface area (Å²) in [6.07, 6.45) is 1.37. The summed E-state index contributed by atoms with van der Waals surface area (Å²) in [6, 6.07) is 8.79. The molecule has 202 valence electrons. The quantitative estimate of drug-likeness (QED) is 0.397. The third-order valence-corrected chi connectivity index (χ3v) is 6.88. The van der Waals surface area contributed by atoms with Gasteiger partial charge in [-0.2, -0.15) is 4.98 Å². The number of amides is 1. The number of carbonyl (C=O) groups is 1. The van der Waals surface area contributed by atoms with Crippen molar-refractivity contribution in [1.29, 1.82) is 0 Å². The fraction of sp³-hybridized carbons (Fsp3) is 0.321. The maximum absolute atomic E-state index is 15.6. The Balaban J connectivity index is 1.77. The van der Waals surface area contributed by atoms with Gasteiger partial charge in [-0.15, -0.1) is 0 Å². The minimum atomic E-state index is -0.848. The second-order valence-electron chi connectivity index (χ2n) is 9.86. The highest BCUT2D eigenvalue weighted by molar-refractivity contribution is 5.90. The van der Waals surface area contributed by atoms with Crippen LogP contribution in [0.3, 0.4) is 0 Å². The molecule has 1 aromatic carbocycles. The molecule has 1 fully saturated rings.